The maximum atomic E-state index is 5.73. The van der Waals surface area contributed by atoms with E-state index < -0.39 is 0 Å². The molecule has 0 saturated heterocycles. The van der Waals surface area contributed by atoms with E-state index in [4.69, 9.17) is 20.9 Å². The van der Waals surface area contributed by atoms with Crippen LogP contribution in [0.3, 0.4) is 0 Å². The fourth-order valence-electron chi connectivity index (χ4n) is 2.12. The van der Waals surface area contributed by atoms with Gasteiger partial charge in [-0.25, -0.2) is 0 Å². The molecule has 0 saturated carbocycles. The summed E-state index contributed by atoms with van der Waals surface area (Å²) in [6.45, 7) is 3.40. The van der Waals surface area contributed by atoms with Gasteiger partial charge in [0.25, 0.3) is 0 Å². The van der Waals surface area contributed by atoms with Crippen molar-refractivity contribution in [3.63, 3.8) is 0 Å². The van der Waals surface area contributed by atoms with Gasteiger partial charge in [-0.1, -0.05) is 6.92 Å². The van der Waals surface area contributed by atoms with Crippen LogP contribution in [-0.4, -0.2) is 27.3 Å². The molecular formula is C14H24N2O2. The van der Waals surface area contributed by atoms with Crippen LogP contribution in [0, 0.1) is 11.8 Å². The van der Waals surface area contributed by atoms with Crippen LogP contribution in [0.25, 0.3) is 0 Å². The average Bonchev–Trinajstić information content (AvgIpc) is 2.40. The highest BCUT2D eigenvalue weighted by atomic mass is 16.5. The topological polar surface area (TPSA) is 70.5 Å². The van der Waals surface area contributed by atoms with Gasteiger partial charge in [0.15, 0.2) is 0 Å². The maximum absolute atomic E-state index is 5.73. The number of methoxy groups -OCH3 is 2. The summed E-state index contributed by atoms with van der Waals surface area (Å²) in [5.41, 5.74) is 12.6. The normalized spacial score (nSPS) is 12.6. The smallest absolute Gasteiger partial charge is 0.122 e. The molecule has 0 aliphatic carbocycles. The van der Waals surface area contributed by atoms with Gasteiger partial charge in [-0.05, 0) is 55.1 Å². The van der Waals surface area contributed by atoms with Crippen LogP contribution in [0.2, 0.25) is 0 Å². The number of nitrogens with two attached hydrogens (primary N) is 2. The Morgan fingerprint density at radius 3 is 2.28 bits per heavy atom. The van der Waals surface area contributed by atoms with Gasteiger partial charge in [0, 0.05) is 0 Å². The fourth-order valence-corrected chi connectivity index (χ4v) is 2.12. The summed E-state index contributed by atoms with van der Waals surface area (Å²) in [5, 5.41) is 0. The molecule has 102 valence electrons. The van der Waals surface area contributed by atoms with Crippen LogP contribution < -0.4 is 20.9 Å². The van der Waals surface area contributed by atoms with E-state index in [1.165, 1.54) is 0 Å². The Bertz CT molecular complexity index is 365. The van der Waals surface area contributed by atoms with Gasteiger partial charge in [-0.2, -0.15) is 0 Å². The highest BCUT2D eigenvalue weighted by molar-refractivity contribution is 5.40. The van der Waals surface area contributed by atoms with Crippen molar-refractivity contribution in [1.29, 1.82) is 0 Å². The van der Waals surface area contributed by atoms with Gasteiger partial charge in [-0.3, -0.25) is 0 Å². The molecule has 0 radical (unpaired) electrons. The molecule has 4 nitrogen and oxygen atoms in total. The van der Waals surface area contributed by atoms with Crippen molar-refractivity contribution < 1.29 is 9.47 Å². The lowest BCUT2D eigenvalue weighted by Gasteiger charge is -2.22. The molecule has 4 heteroatoms. The van der Waals surface area contributed by atoms with Crippen LogP contribution in [0.4, 0.5) is 0 Å². The largest absolute Gasteiger partial charge is 0.497 e. The van der Waals surface area contributed by atoms with E-state index in [9.17, 15) is 0 Å². The van der Waals surface area contributed by atoms with E-state index >= 15 is 0 Å². The van der Waals surface area contributed by atoms with Gasteiger partial charge < -0.3 is 20.9 Å². The Labute approximate surface area is 109 Å². The molecule has 0 aromatic heterocycles. The SMILES string of the molecule is COc1ccc(OC)c(CC(C)C(CN)CN)c1. The molecule has 1 aromatic rings. The van der Waals surface area contributed by atoms with Gasteiger partial charge >= 0.3 is 0 Å². The van der Waals surface area contributed by atoms with Gasteiger partial charge in [-0.15, -0.1) is 0 Å². The predicted octanol–water partition coefficient (Wildman–Crippen LogP) is 1.42. The lowest BCUT2D eigenvalue weighted by Crippen LogP contribution is -2.30. The van der Waals surface area contributed by atoms with E-state index in [2.05, 4.69) is 6.92 Å². The third-order valence-corrected chi connectivity index (χ3v) is 3.44. The first-order valence-corrected chi connectivity index (χ1v) is 6.27. The minimum absolute atomic E-state index is 0.334. The molecule has 1 aromatic carbocycles. The van der Waals surface area contributed by atoms with Crippen LogP contribution >= 0.6 is 0 Å². The lowest BCUT2D eigenvalue weighted by molar-refractivity contribution is 0.358. The maximum Gasteiger partial charge on any atom is 0.122 e. The monoisotopic (exact) mass is 252 g/mol. The number of rotatable bonds is 7. The summed E-state index contributed by atoms with van der Waals surface area (Å²) in [7, 11) is 3.34. The first-order valence-electron chi connectivity index (χ1n) is 6.27. The van der Waals surface area contributed by atoms with Crippen LogP contribution in [-0.2, 0) is 6.42 Å². The third-order valence-electron chi connectivity index (χ3n) is 3.44. The molecule has 4 N–H and O–H groups in total. The summed E-state index contributed by atoms with van der Waals surface area (Å²) in [5.74, 6) is 2.48. The predicted molar refractivity (Wildman–Crippen MR) is 74.0 cm³/mol. The first-order chi connectivity index (χ1) is 8.65. The second kappa shape index (κ2) is 7.24. The Hall–Kier alpha value is -1.26. The van der Waals surface area contributed by atoms with Crippen molar-refractivity contribution in [3.8, 4) is 11.5 Å². The van der Waals surface area contributed by atoms with Crippen LogP contribution in [0.1, 0.15) is 12.5 Å². The van der Waals surface area contributed by atoms with Gasteiger partial charge in [0.2, 0.25) is 0 Å². The number of ether oxygens (including phenoxy) is 2. The van der Waals surface area contributed by atoms with Crippen LogP contribution in [0.15, 0.2) is 18.2 Å². The molecule has 0 amide bonds. The molecule has 0 aliphatic rings. The number of hydrogen-bond donors (Lipinski definition) is 2. The van der Waals surface area contributed by atoms with Crippen molar-refractivity contribution >= 4 is 0 Å². The summed E-state index contributed by atoms with van der Waals surface area (Å²) in [6.07, 6.45) is 0.888. The zero-order chi connectivity index (χ0) is 13.5. The minimum atomic E-state index is 0.334. The Kier molecular flexibility index (Phi) is 5.95. The molecule has 1 rings (SSSR count). The molecule has 0 aliphatic heterocycles. The molecule has 0 heterocycles. The second-order valence-electron chi connectivity index (χ2n) is 4.59. The molecule has 1 atom stereocenters. The van der Waals surface area contributed by atoms with E-state index in [1.54, 1.807) is 14.2 Å². The Morgan fingerprint density at radius 1 is 1.11 bits per heavy atom. The summed E-state index contributed by atoms with van der Waals surface area (Å²) >= 11 is 0. The van der Waals surface area contributed by atoms with E-state index in [1.807, 2.05) is 18.2 Å². The standard InChI is InChI=1S/C14H24N2O2/c1-10(12(8-15)9-16)6-11-7-13(17-2)4-5-14(11)18-3/h4-5,7,10,12H,6,8-9,15-16H2,1-3H3. The zero-order valence-electron chi connectivity index (χ0n) is 11.5. The summed E-state index contributed by atoms with van der Waals surface area (Å²) in [4.78, 5) is 0. The lowest BCUT2D eigenvalue weighted by atomic mass is 9.88. The van der Waals surface area contributed by atoms with E-state index in [0.717, 1.165) is 23.5 Å². The molecule has 0 spiro atoms. The Balaban J connectivity index is 2.87. The van der Waals surface area contributed by atoms with Crippen molar-refractivity contribution in [2.24, 2.45) is 23.3 Å². The van der Waals surface area contributed by atoms with Crippen molar-refractivity contribution in [3.05, 3.63) is 23.8 Å². The van der Waals surface area contributed by atoms with Crippen molar-refractivity contribution in [2.75, 3.05) is 27.3 Å². The first kappa shape index (κ1) is 14.8. The molecule has 18 heavy (non-hydrogen) atoms. The quantitative estimate of drug-likeness (QED) is 0.770. The zero-order valence-corrected chi connectivity index (χ0v) is 11.5. The second-order valence-corrected chi connectivity index (χ2v) is 4.59. The van der Waals surface area contributed by atoms with Crippen LogP contribution in [0.5, 0.6) is 11.5 Å². The molecular weight excluding hydrogens is 228 g/mol. The number of benzene rings is 1. The highest BCUT2D eigenvalue weighted by Gasteiger charge is 2.17. The molecule has 1 unspecified atom stereocenters. The van der Waals surface area contributed by atoms with E-state index in [0.29, 0.717) is 24.9 Å². The summed E-state index contributed by atoms with van der Waals surface area (Å²) < 4.78 is 10.6. The molecule has 0 fully saturated rings. The summed E-state index contributed by atoms with van der Waals surface area (Å²) in [6, 6.07) is 5.84. The minimum Gasteiger partial charge on any atom is -0.497 e. The number of hydrogen-bond acceptors (Lipinski definition) is 4. The van der Waals surface area contributed by atoms with Crippen molar-refractivity contribution in [2.45, 2.75) is 13.3 Å². The molecule has 0 bridgehead atoms. The Morgan fingerprint density at radius 2 is 1.78 bits per heavy atom. The van der Waals surface area contributed by atoms with Gasteiger partial charge in [0.1, 0.15) is 11.5 Å². The van der Waals surface area contributed by atoms with Gasteiger partial charge in [0.05, 0.1) is 14.2 Å². The van der Waals surface area contributed by atoms with Crippen molar-refractivity contribution in [1.82, 2.24) is 0 Å². The third kappa shape index (κ3) is 3.62. The highest BCUT2D eigenvalue weighted by Crippen LogP contribution is 2.28. The van der Waals surface area contributed by atoms with E-state index in [-0.39, 0.29) is 0 Å². The average molecular weight is 252 g/mol. The fraction of sp³-hybridized carbons (Fsp3) is 0.571.